The number of nitrogens with zero attached hydrogens (tertiary/aromatic N) is 3. The zero-order valence-electron chi connectivity index (χ0n) is 12.5. The summed E-state index contributed by atoms with van der Waals surface area (Å²) in [6, 6.07) is 7.06. The summed E-state index contributed by atoms with van der Waals surface area (Å²) in [5.41, 5.74) is 1.14. The molecule has 3 nitrogen and oxygen atoms in total. The van der Waals surface area contributed by atoms with Crippen LogP contribution in [-0.4, -0.2) is 34.1 Å². The van der Waals surface area contributed by atoms with Gasteiger partial charge in [0.05, 0.1) is 0 Å². The van der Waals surface area contributed by atoms with Gasteiger partial charge in [0, 0.05) is 25.5 Å². The van der Waals surface area contributed by atoms with E-state index < -0.39 is 0 Å². The summed E-state index contributed by atoms with van der Waals surface area (Å²) in [6.07, 6.45) is 6.15. The molecule has 1 aromatic carbocycles. The van der Waals surface area contributed by atoms with Crippen molar-refractivity contribution >= 4 is 0 Å². The predicted molar refractivity (Wildman–Crippen MR) is 81.8 cm³/mol. The van der Waals surface area contributed by atoms with Gasteiger partial charge in [0.15, 0.2) is 0 Å². The molecular weight excluding hydrogens is 265 g/mol. The maximum absolute atomic E-state index is 13.3. The Labute approximate surface area is 125 Å². The monoisotopic (exact) mass is 287 g/mol. The van der Waals surface area contributed by atoms with Crippen LogP contribution in [0.2, 0.25) is 0 Å². The van der Waals surface area contributed by atoms with Crippen molar-refractivity contribution < 1.29 is 4.39 Å². The second-order valence-electron chi connectivity index (χ2n) is 5.86. The van der Waals surface area contributed by atoms with E-state index in [1.165, 1.54) is 6.07 Å². The Morgan fingerprint density at radius 2 is 2.24 bits per heavy atom. The maximum Gasteiger partial charge on any atom is 0.123 e. The summed E-state index contributed by atoms with van der Waals surface area (Å²) in [5, 5.41) is 0. The number of likely N-dealkylation sites (tertiary alicyclic amines) is 1. The first-order valence-electron chi connectivity index (χ1n) is 7.68. The van der Waals surface area contributed by atoms with E-state index in [9.17, 15) is 4.39 Å². The van der Waals surface area contributed by atoms with Gasteiger partial charge in [-0.1, -0.05) is 12.1 Å². The zero-order valence-corrected chi connectivity index (χ0v) is 12.5. The van der Waals surface area contributed by atoms with Gasteiger partial charge in [0.25, 0.3) is 0 Å². The Bertz CT molecular complexity index is 593. The van der Waals surface area contributed by atoms with Gasteiger partial charge in [-0.25, -0.2) is 9.37 Å². The van der Waals surface area contributed by atoms with Crippen LogP contribution >= 0.6 is 0 Å². The molecule has 0 saturated carbocycles. The highest BCUT2D eigenvalue weighted by Crippen LogP contribution is 2.27. The number of rotatable bonds is 5. The highest BCUT2D eigenvalue weighted by molar-refractivity contribution is 5.22. The number of imidazole rings is 1. The topological polar surface area (TPSA) is 21.1 Å². The van der Waals surface area contributed by atoms with E-state index in [1.54, 1.807) is 6.07 Å². The number of hydrogen-bond donors (Lipinski definition) is 0. The van der Waals surface area contributed by atoms with Gasteiger partial charge in [0.1, 0.15) is 11.6 Å². The van der Waals surface area contributed by atoms with Gasteiger partial charge in [-0.2, -0.15) is 0 Å². The molecule has 1 aliphatic heterocycles. The fraction of sp³-hybridized carbons (Fsp3) is 0.471. The third-order valence-corrected chi connectivity index (χ3v) is 4.39. The minimum absolute atomic E-state index is 0.124. The fourth-order valence-electron chi connectivity index (χ4n) is 3.17. The molecule has 0 N–H and O–H groups in total. The minimum Gasteiger partial charge on any atom is -0.335 e. The van der Waals surface area contributed by atoms with Gasteiger partial charge >= 0.3 is 0 Å². The van der Waals surface area contributed by atoms with Crippen LogP contribution < -0.4 is 0 Å². The van der Waals surface area contributed by atoms with Crippen LogP contribution in [0.15, 0.2) is 36.7 Å². The minimum atomic E-state index is -0.124. The average Bonchev–Trinajstić information content (AvgIpc) is 3.09. The predicted octanol–water partition coefficient (Wildman–Crippen LogP) is 3.21. The summed E-state index contributed by atoms with van der Waals surface area (Å²) in [7, 11) is 0. The quantitative estimate of drug-likeness (QED) is 0.842. The van der Waals surface area contributed by atoms with Crippen LogP contribution in [0.1, 0.15) is 30.1 Å². The third-order valence-electron chi connectivity index (χ3n) is 4.39. The molecule has 112 valence electrons. The van der Waals surface area contributed by atoms with Crippen LogP contribution in [0.25, 0.3) is 0 Å². The van der Waals surface area contributed by atoms with Gasteiger partial charge in [-0.15, -0.1) is 0 Å². The molecule has 1 aliphatic rings. The maximum atomic E-state index is 13.3. The zero-order chi connectivity index (χ0) is 14.7. The lowest BCUT2D eigenvalue weighted by molar-refractivity contribution is 0.320. The second-order valence-corrected chi connectivity index (χ2v) is 5.86. The van der Waals surface area contributed by atoms with E-state index in [0.29, 0.717) is 5.92 Å². The van der Waals surface area contributed by atoms with E-state index in [2.05, 4.69) is 14.5 Å². The van der Waals surface area contributed by atoms with Crippen LogP contribution in [0.3, 0.4) is 0 Å². The van der Waals surface area contributed by atoms with Crippen molar-refractivity contribution in [3.8, 4) is 0 Å². The lowest BCUT2D eigenvalue weighted by Crippen LogP contribution is -2.22. The van der Waals surface area contributed by atoms with Crippen LogP contribution in [0, 0.1) is 12.7 Å². The molecule has 1 unspecified atom stereocenters. The Hall–Kier alpha value is -1.68. The molecule has 0 bridgehead atoms. The summed E-state index contributed by atoms with van der Waals surface area (Å²) >= 11 is 0. The first-order chi connectivity index (χ1) is 10.2. The number of aromatic nitrogens is 2. The van der Waals surface area contributed by atoms with Crippen LogP contribution in [0.4, 0.5) is 4.39 Å². The molecule has 1 atom stereocenters. The van der Waals surface area contributed by atoms with Crippen molar-refractivity contribution in [2.45, 2.75) is 32.2 Å². The van der Waals surface area contributed by atoms with Crippen molar-refractivity contribution in [3.63, 3.8) is 0 Å². The van der Waals surface area contributed by atoms with Gasteiger partial charge in [0.2, 0.25) is 0 Å². The summed E-state index contributed by atoms with van der Waals surface area (Å²) in [5.74, 6) is 1.44. The van der Waals surface area contributed by atoms with Crippen molar-refractivity contribution in [1.82, 2.24) is 14.5 Å². The first kappa shape index (κ1) is 14.3. The summed E-state index contributed by atoms with van der Waals surface area (Å²) in [4.78, 5) is 6.73. The van der Waals surface area contributed by atoms with Crippen molar-refractivity contribution in [3.05, 3.63) is 53.9 Å². The molecule has 3 rings (SSSR count). The molecule has 21 heavy (non-hydrogen) atoms. The molecule has 1 fully saturated rings. The molecule has 1 aromatic heterocycles. The fourth-order valence-corrected chi connectivity index (χ4v) is 3.17. The SMILES string of the molecule is Cc1nccn1CCCN1CCC(c2cccc(F)c2)C1. The van der Waals surface area contributed by atoms with E-state index in [-0.39, 0.29) is 5.82 Å². The standard InChI is InChI=1S/C17H22FN3/c1-14-19-7-11-21(14)9-3-8-20-10-6-16(13-20)15-4-2-5-17(18)12-15/h2,4-5,7,11-12,16H,3,6,8-10,13H2,1H3. The smallest absolute Gasteiger partial charge is 0.123 e. The Morgan fingerprint density at radius 1 is 1.33 bits per heavy atom. The third kappa shape index (κ3) is 3.50. The summed E-state index contributed by atoms with van der Waals surface area (Å²) in [6.45, 7) is 6.32. The Balaban J connectivity index is 1.48. The van der Waals surface area contributed by atoms with Gasteiger partial charge in [-0.05, 0) is 56.5 Å². The normalized spacial score (nSPS) is 19.2. The molecule has 0 aliphatic carbocycles. The van der Waals surface area contributed by atoms with E-state index in [0.717, 1.165) is 50.4 Å². The summed E-state index contributed by atoms with van der Waals surface area (Å²) < 4.78 is 15.5. The molecule has 4 heteroatoms. The highest BCUT2D eigenvalue weighted by Gasteiger charge is 2.23. The molecule has 0 spiro atoms. The molecule has 2 aromatic rings. The van der Waals surface area contributed by atoms with E-state index in [1.807, 2.05) is 31.5 Å². The van der Waals surface area contributed by atoms with Gasteiger partial charge < -0.3 is 9.47 Å². The number of halogens is 1. The lowest BCUT2D eigenvalue weighted by atomic mass is 9.98. The molecular formula is C17H22FN3. The molecule has 0 radical (unpaired) electrons. The first-order valence-corrected chi connectivity index (χ1v) is 7.68. The van der Waals surface area contributed by atoms with Gasteiger partial charge in [-0.3, -0.25) is 0 Å². The second kappa shape index (κ2) is 6.39. The van der Waals surface area contributed by atoms with Crippen LogP contribution in [-0.2, 0) is 6.54 Å². The largest absolute Gasteiger partial charge is 0.335 e. The van der Waals surface area contributed by atoms with E-state index in [4.69, 9.17) is 0 Å². The Morgan fingerprint density at radius 3 is 3.00 bits per heavy atom. The highest BCUT2D eigenvalue weighted by atomic mass is 19.1. The number of benzene rings is 1. The van der Waals surface area contributed by atoms with Crippen molar-refractivity contribution in [2.75, 3.05) is 19.6 Å². The number of aryl methyl sites for hydroxylation is 2. The number of hydrogen-bond acceptors (Lipinski definition) is 2. The van der Waals surface area contributed by atoms with Crippen LogP contribution in [0.5, 0.6) is 0 Å². The average molecular weight is 287 g/mol. The molecule has 0 amide bonds. The van der Waals surface area contributed by atoms with E-state index >= 15 is 0 Å². The molecule has 2 heterocycles. The van der Waals surface area contributed by atoms with Crippen molar-refractivity contribution in [2.24, 2.45) is 0 Å². The molecule has 1 saturated heterocycles. The Kier molecular flexibility index (Phi) is 4.34. The van der Waals surface area contributed by atoms with Crippen molar-refractivity contribution in [1.29, 1.82) is 0 Å². The lowest BCUT2D eigenvalue weighted by Gasteiger charge is -2.16.